The molecule has 0 atom stereocenters. The van der Waals surface area contributed by atoms with Crippen LogP contribution >= 0.6 is 23.4 Å². The maximum Gasteiger partial charge on any atom is 0.363 e. The molecule has 1 aromatic carbocycles. The maximum absolute atomic E-state index is 12.1. The molecule has 0 fully saturated rings. The first-order valence-corrected chi connectivity index (χ1v) is 9.82. The molecule has 2 aliphatic rings. The minimum Gasteiger partial charge on any atom is -0.402 e. The topological polar surface area (TPSA) is 83.7 Å². The Morgan fingerprint density at radius 3 is 2.54 bits per heavy atom. The van der Waals surface area contributed by atoms with Gasteiger partial charge in [0, 0.05) is 17.5 Å². The second-order valence-electron chi connectivity index (χ2n) is 5.76. The molecule has 2 aliphatic heterocycles. The van der Waals surface area contributed by atoms with Gasteiger partial charge in [-0.3, -0.25) is 4.79 Å². The molecule has 2 heterocycles. The average Bonchev–Trinajstić information content (AvgIpc) is 3.03. The van der Waals surface area contributed by atoms with Gasteiger partial charge in [-0.25, -0.2) is 14.8 Å². The molecular weight excluding hydrogens is 400 g/mol. The fourth-order valence-electron chi connectivity index (χ4n) is 2.36. The van der Waals surface area contributed by atoms with E-state index in [0.717, 1.165) is 5.75 Å². The van der Waals surface area contributed by atoms with Crippen molar-refractivity contribution >= 4 is 52.0 Å². The van der Waals surface area contributed by atoms with Crippen LogP contribution in [0.5, 0.6) is 0 Å². The summed E-state index contributed by atoms with van der Waals surface area (Å²) in [5.41, 5.74) is 1.91. The number of carbonyl (C=O) groups excluding carboxylic acids is 2. The van der Waals surface area contributed by atoms with Crippen molar-refractivity contribution in [3.63, 3.8) is 0 Å². The zero-order chi connectivity index (χ0) is 20.3. The molecule has 1 aromatic rings. The van der Waals surface area contributed by atoms with Gasteiger partial charge in [0.25, 0.3) is 0 Å². The van der Waals surface area contributed by atoms with Crippen LogP contribution in [0.25, 0.3) is 0 Å². The lowest BCUT2D eigenvalue weighted by atomic mass is 10.2. The van der Waals surface area contributed by atoms with Crippen molar-refractivity contribution < 1.29 is 14.3 Å². The van der Waals surface area contributed by atoms with Crippen LogP contribution in [-0.4, -0.2) is 39.4 Å². The summed E-state index contributed by atoms with van der Waals surface area (Å²) in [5, 5.41) is 6.63. The van der Waals surface area contributed by atoms with Gasteiger partial charge < -0.3 is 4.74 Å². The summed E-state index contributed by atoms with van der Waals surface area (Å²) < 4.78 is 5.22. The molecule has 7 nitrogen and oxygen atoms in total. The van der Waals surface area contributed by atoms with E-state index in [4.69, 9.17) is 16.3 Å². The van der Waals surface area contributed by atoms with Gasteiger partial charge in [-0.1, -0.05) is 30.3 Å². The molecule has 144 valence electrons. The third-order valence-corrected chi connectivity index (χ3v) is 4.76. The summed E-state index contributed by atoms with van der Waals surface area (Å²) in [6, 6.07) is 6.84. The number of allylic oxidation sites excluding steroid dienone is 3. The van der Waals surface area contributed by atoms with Crippen molar-refractivity contribution in [3.05, 3.63) is 58.4 Å². The molecule has 0 aromatic heterocycles. The van der Waals surface area contributed by atoms with Crippen LogP contribution in [-0.2, 0) is 14.3 Å². The summed E-state index contributed by atoms with van der Waals surface area (Å²) in [4.78, 5) is 32.6. The lowest BCUT2D eigenvalue weighted by Crippen LogP contribution is -2.32. The number of cyclic esters (lactones) is 1. The van der Waals surface area contributed by atoms with Gasteiger partial charge in [-0.15, -0.1) is 0 Å². The molecule has 0 aliphatic carbocycles. The highest BCUT2D eigenvalue weighted by atomic mass is 35.5. The fraction of sp³-hybridized carbons (Fsp3) is 0.211. The molecule has 0 saturated carbocycles. The summed E-state index contributed by atoms with van der Waals surface area (Å²) in [5.74, 6) is 0.193. The predicted molar refractivity (Wildman–Crippen MR) is 111 cm³/mol. The predicted octanol–water partition coefficient (Wildman–Crippen LogP) is 3.76. The number of esters is 1. The number of amidine groups is 1. The van der Waals surface area contributed by atoms with Crippen LogP contribution in [0, 0.1) is 0 Å². The standard InChI is InChI=1S/C19H17ClN4O3S/c1-4-28-19-22-15(11(2)23-24(19)12(3)25)9-10-16-18(26)27-17(21-16)13-5-7-14(20)8-6-13/h5-10H,4H2,1-3H3/b15-9-,16-10-. The van der Waals surface area contributed by atoms with Crippen LogP contribution < -0.4 is 0 Å². The second kappa shape index (κ2) is 8.53. The van der Waals surface area contributed by atoms with Gasteiger partial charge in [0.05, 0.1) is 11.4 Å². The number of amides is 1. The number of ether oxygens (including phenoxy) is 1. The Hall–Kier alpha value is -2.71. The van der Waals surface area contributed by atoms with Crippen molar-refractivity contribution in [2.24, 2.45) is 15.1 Å². The summed E-state index contributed by atoms with van der Waals surface area (Å²) in [6.45, 7) is 5.14. The van der Waals surface area contributed by atoms with E-state index in [1.54, 1.807) is 37.3 Å². The van der Waals surface area contributed by atoms with Gasteiger partial charge in [-0.2, -0.15) is 10.1 Å². The lowest BCUT2D eigenvalue weighted by molar-refractivity contribution is -0.130. The number of thioether (sulfide) groups is 1. The first-order chi connectivity index (χ1) is 13.4. The number of nitrogens with zero attached hydrogens (tertiary/aromatic N) is 4. The zero-order valence-electron chi connectivity index (χ0n) is 15.5. The number of halogens is 1. The molecule has 3 rings (SSSR count). The van der Waals surface area contributed by atoms with E-state index >= 15 is 0 Å². The number of rotatable bonds is 3. The first-order valence-electron chi connectivity index (χ1n) is 8.45. The highest BCUT2D eigenvalue weighted by molar-refractivity contribution is 8.13. The fourth-order valence-corrected chi connectivity index (χ4v) is 3.20. The maximum atomic E-state index is 12.1. The van der Waals surface area contributed by atoms with Crippen LogP contribution in [0.3, 0.4) is 0 Å². The number of hydrazone groups is 1. The number of hydrogen-bond acceptors (Lipinski definition) is 7. The molecule has 0 bridgehead atoms. The van der Waals surface area contributed by atoms with Crippen LogP contribution in [0.2, 0.25) is 5.02 Å². The van der Waals surface area contributed by atoms with E-state index in [1.165, 1.54) is 29.8 Å². The van der Waals surface area contributed by atoms with E-state index < -0.39 is 5.97 Å². The van der Waals surface area contributed by atoms with Gasteiger partial charge in [0.1, 0.15) is 0 Å². The summed E-state index contributed by atoms with van der Waals surface area (Å²) >= 11 is 7.28. The van der Waals surface area contributed by atoms with E-state index in [-0.39, 0.29) is 17.5 Å². The number of carbonyl (C=O) groups is 2. The molecule has 9 heteroatoms. The van der Waals surface area contributed by atoms with Gasteiger partial charge >= 0.3 is 5.97 Å². The Morgan fingerprint density at radius 2 is 1.89 bits per heavy atom. The Labute approximate surface area is 171 Å². The van der Waals surface area contributed by atoms with Gasteiger partial charge in [-0.05, 0) is 49.1 Å². The molecular formula is C19H17ClN4O3S. The van der Waals surface area contributed by atoms with Crippen molar-refractivity contribution in [1.82, 2.24) is 5.01 Å². The Balaban J connectivity index is 1.89. The minimum absolute atomic E-state index is 0.152. The minimum atomic E-state index is -0.551. The third kappa shape index (κ3) is 4.40. The lowest BCUT2D eigenvalue weighted by Gasteiger charge is -2.22. The zero-order valence-corrected chi connectivity index (χ0v) is 17.0. The second-order valence-corrected chi connectivity index (χ2v) is 7.43. The van der Waals surface area contributed by atoms with Gasteiger partial charge in [0.2, 0.25) is 11.8 Å². The molecule has 0 unspecified atom stereocenters. The van der Waals surface area contributed by atoms with Crippen LogP contribution in [0.15, 0.2) is 62.9 Å². The first kappa shape index (κ1) is 20.0. The van der Waals surface area contributed by atoms with Crippen LogP contribution in [0.1, 0.15) is 26.3 Å². The largest absolute Gasteiger partial charge is 0.402 e. The van der Waals surface area contributed by atoms with E-state index in [9.17, 15) is 9.59 Å². The Bertz CT molecular complexity index is 977. The number of hydrogen-bond donors (Lipinski definition) is 0. The highest BCUT2D eigenvalue weighted by Gasteiger charge is 2.25. The molecule has 1 amide bonds. The quantitative estimate of drug-likeness (QED) is 0.554. The van der Waals surface area contributed by atoms with E-state index in [1.807, 2.05) is 6.92 Å². The van der Waals surface area contributed by atoms with Crippen molar-refractivity contribution in [3.8, 4) is 0 Å². The molecule has 0 N–H and O–H groups in total. The normalized spacial score (nSPS) is 19.5. The smallest absolute Gasteiger partial charge is 0.363 e. The highest BCUT2D eigenvalue weighted by Crippen LogP contribution is 2.21. The summed E-state index contributed by atoms with van der Waals surface area (Å²) in [7, 11) is 0. The average molecular weight is 417 g/mol. The number of aliphatic imine (C=N–C) groups is 2. The van der Waals surface area contributed by atoms with Crippen molar-refractivity contribution in [1.29, 1.82) is 0 Å². The molecule has 0 saturated heterocycles. The molecule has 28 heavy (non-hydrogen) atoms. The monoisotopic (exact) mass is 416 g/mol. The van der Waals surface area contributed by atoms with Crippen molar-refractivity contribution in [2.75, 3.05) is 5.75 Å². The Morgan fingerprint density at radius 1 is 1.21 bits per heavy atom. The molecule has 0 spiro atoms. The SMILES string of the molecule is CCSC1=N/C(=C\C=C2/N=C(c3ccc(Cl)cc3)OC2=O)C(C)=NN1C(C)=O. The summed E-state index contributed by atoms with van der Waals surface area (Å²) in [6.07, 6.45) is 3.16. The van der Waals surface area contributed by atoms with Gasteiger partial charge in [0.15, 0.2) is 10.9 Å². The number of benzene rings is 1. The van der Waals surface area contributed by atoms with E-state index in [2.05, 4.69) is 15.1 Å². The van der Waals surface area contributed by atoms with E-state index in [0.29, 0.717) is 27.2 Å². The molecule has 0 radical (unpaired) electrons. The van der Waals surface area contributed by atoms with Crippen molar-refractivity contribution in [2.45, 2.75) is 20.8 Å². The third-order valence-electron chi connectivity index (χ3n) is 3.70. The Kier molecular flexibility index (Phi) is 6.11. The van der Waals surface area contributed by atoms with Crippen LogP contribution in [0.4, 0.5) is 0 Å².